The average Bonchev–Trinajstić information content (AvgIpc) is 2.39. The van der Waals surface area contributed by atoms with Crippen molar-refractivity contribution < 1.29 is 14.6 Å². The molecule has 1 aromatic rings. The number of aryl methyl sites for hydroxylation is 1. The van der Waals surface area contributed by atoms with E-state index in [2.05, 4.69) is 6.07 Å². The summed E-state index contributed by atoms with van der Waals surface area (Å²) in [7, 11) is 0. The average molecular weight is 236 g/mol. The van der Waals surface area contributed by atoms with Crippen molar-refractivity contribution in [1.29, 1.82) is 0 Å². The van der Waals surface area contributed by atoms with Crippen LogP contribution in [0.3, 0.4) is 0 Å². The van der Waals surface area contributed by atoms with Gasteiger partial charge in [-0.15, -0.1) is 0 Å². The van der Waals surface area contributed by atoms with Crippen LogP contribution in [-0.2, 0) is 11.2 Å². The van der Waals surface area contributed by atoms with E-state index in [1.807, 2.05) is 18.2 Å². The highest BCUT2D eigenvalue weighted by Crippen LogP contribution is 2.23. The van der Waals surface area contributed by atoms with Crippen LogP contribution in [0.2, 0.25) is 0 Å². The van der Waals surface area contributed by atoms with E-state index in [0.717, 1.165) is 44.6 Å². The van der Waals surface area contributed by atoms with Gasteiger partial charge in [0, 0.05) is 19.4 Å². The van der Waals surface area contributed by atoms with Crippen molar-refractivity contribution in [3.05, 3.63) is 29.8 Å². The maximum atomic E-state index is 8.88. The van der Waals surface area contributed by atoms with Gasteiger partial charge in [0.25, 0.3) is 0 Å². The smallest absolute Gasteiger partial charge is 0.122 e. The predicted octanol–water partition coefficient (Wildman–Crippen LogP) is 2.17. The highest BCUT2D eigenvalue weighted by atomic mass is 16.5. The minimum absolute atomic E-state index is 0.228. The first kappa shape index (κ1) is 12.4. The summed E-state index contributed by atoms with van der Waals surface area (Å²) in [6, 6.07) is 8.10. The van der Waals surface area contributed by atoms with Gasteiger partial charge >= 0.3 is 0 Å². The lowest BCUT2D eigenvalue weighted by Crippen LogP contribution is -2.26. The summed E-state index contributed by atoms with van der Waals surface area (Å²) >= 11 is 0. The molecule has 1 N–H and O–H groups in total. The van der Waals surface area contributed by atoms with Crippen LogP contribution in [0.25, 0.3) is 0 Å². The Hall–Kier alpha value is -1.06. The number of para-hydroxylation sites is 1. The Morgan fingerprint density at radius 1 is 1.24 bits per heavy atom. The predicted molar refractivity (Wildman–Crippen MR) is 66.3 cm³/mol. The number of aliphatic hydroxyl groups excluding tert-OH is 1. The number of benzene rings is 1. The maximum Gasteiger partial charge on any atom is 0.122 e. The van der Waals surface area contributed by atoms with Crippen LogP contribution in [0, 0.1) is 0 Å². The monoisotopic (exact) mass is 236 g/mol. The van der Waals surface area contributed by atoms with Gasteiger partial charge in [-0.3, -0.25) is 0 Å². The van der Waals surface area contributed by atoms with Crippen LogP contribution in [0.15, 0.2) is 24.3 Å². The number of aliphatic hydroxyl groups is 1. The minimum Gasteiger partial charge on any atom is -0.490 e. The van der Waals surface area contributed by atoms with Gasteiger partial charge in [0.2, 0.25) is 0 Å². The van der Waals surface area contributed by atoms with E-state index in [1.54, 1.807) is 0 Å². The van der Waals surface area contributed by atoms with E-state index in [4.69, 9.17) is 14.6 Å². The lowest BCUT2D eigenvalue weighted by molar-refractivity contribution is 0.0252. The number of rotatable bonds is 5. The van der Waals surface area contributed by atoms with Crippen LogP contribution in [-0.4, -0.2) is 31.0 Å². The Bertz CT molecular complexity index is 332. The molecule has 1 fully saturated rings. The van der Waals surface area contributed by atoms with Gasteiger partial charge in [0.1, 0.15) is 11.9 Å². The molecule has 1 aromatic carbocycles. The minimum atomic E-state index is 0.228. The second-order valence-electron chi connectivity index (χ2n) is 4.36. The fourth-order valence-corrected chi connectivity index (χ4v) is 2.07. The SMILES string of the molecule is OCCCc1ccccc1OC1CCOCC1. The summed E-state index contributed by atoms with van der Waals surface area (Å²) in [5.74, 6) is 0.966. The van der Waals surface area contributed by atoms with Crippen molar-refractivity contribution in [3.8, 4) is 5.75 Å². The fraction of sp³-hybridized carbons (Fsp3) is 0.571. The van der Waals surface area contributed by atoms with E-state index < -0.39 is 0 Å². The van der Waals surface area contributed by atoms with Gasteiger partial charge in [0.05, 0.1) is 13.2 Å². The molecule has 1 aliphatic rings. The zero-order valence-corrected chi connectivity index (χ0v) is 10.1. The first-order valence-corrected chi connectivity index (χ1v) is 6.33. The van der Waals surface area contributed by atoms with Crippen LogP contribution >= 0.6 is 0 Å². The third-order valence-electron chi connectivity index (χ3n) is 3.04. The quantitative estimate of drug-likeness (QED) is 0.851. The van der Waals surface area contributed by atoms with E-state index in [9.17, 15) is 0 Å². The van der Waals surface area contributed by atoms with Crippen LogP contribution in [0.1, 0.15) is 24.8 Å². The van der Waals surface area contributed by atoms with E-state index in [-0.39, 0.29) is 12.7 Å². The summed E-state index contributed by atoms with van der Waals surface area (Å²) in [5.41, 5.74) is 1.19. The molecule has 0 bridgehead atoms. The second kappa shape index (κ2) is 6.62. The van der Waals surface area contributed by atoms with Crippen molar-refractivity contribution in [2.75, 3.05) is 19.8 Å². The summed E-state index contributed by atoms with van der Waals surface area (Å²) in [6.07, 6.45) is 3.87. The summed E-state index contributed by atoms with van der Waals surface area (Å²) < 4.78 is 11.3. The topological polar surface area (TPSA) is 38.7 Å². The fourth-order valence-electron chi connectivity index (χ4n) is 2.07. The Balaban J connectivity index is 1.98. The molecule has 0 amide bonds. The molecule has 3 nitrogen and oxygen atoms in total. The van der Waals surface area contributed by atoms with Crippen LogP contribution < -0.4 is 4.74 Å². The lowest BCUT2D eigenvalue weighted by atomic mass is 10.1. The molecule has 0 unspecified atom stereocenters. The molecule has 3 heteroatoms. The first-order valence-electron chi connectivity index (χ1n) is 6.33. The Kier molecular flexibility index (Phi) is 4.83. The Morgan fingerprint density at radius 2 is 2.00 bits per heavy atom. The largest absolute Gasteiger partial charge is 0.490 e. The molecule has 94 valence electrons. The molecule has 1 heterocycles. The van der Waals surface area contributed by atoms with Crippen LogP contribution in [0.5, 0.6) is 5.75 Å². The first-order chi connectivity index (χ1) is 8.40. The lowest BCUT2D eigenvalue weighted by Gasteiger charge is -2.24. The zero-order chi connectivity index (χ0) is 11.9. The molecule has 0 spiro atoms. The molecule has 1 saturated heterocycles. The van der Waals surface area contributed by atoms with Gasteiger partial charge in [-0.25, -0.2) is 0 Å². The Labute approximate surface area is 102 Å². The second-order valence-corrected chi connectivity index (χ2v) is 4.36. The third-order valence-corrected chi connectivity index (χ3v) is 3.04. The van der Waals surface area contributed by atoms with Gasteiger partial charge in [-0.05, 0) is 24.5 Å². The molecular formula is C14H20O3. The zero-order valence-electron chi connectivity index (χ0n) is 10.1. The summed E-state index contributed by atoms with van der Waals surface area (Å²) in [5, 5.41) is 8.88. The molecule has 0 aromatic heterocycles. The van der Waals surface area contributed by atoms with Gasteiger partial charge in [-0.1, -0.05) is 18.2 Å². The standard InChI is InChI=1S/C14H20O3/c15-9-3-5-12-4-1-2-6-14(12)17-13-7-10-16-11-8-13/h1-2,4,6,13,15H,3,5,7-11H2. The molecule has 0 saturated carbocycles. The van der Waals surface area contributed by atoms with Crippen LogP contribution in [0.4, 0.5) is 0 Å². The maximum absolute atomic E-state index is 8.88. The van der Waals surface area contributed by atoms with Crippen molar-refractivity contribution in [2.45, 2.75) is 31.8 Å². The van der Waals surface area contributed by atoms with Crippen molar-refractivity contribution in [2.24, 2.45) is 0 Å². The number of ether oxygens (including phenoxy) is 2. The molecule has 0 atom stereocenters. The van der Waals surface area contributed by atoms with E-state index >= 15 is 0 Å². The highest BCUT2D eigenvalue weighted by molar-refractivity contribution is 5.33. The number of hydrogen-bond donors (Lipinski definition) is 1. The summed E-state index contributed by atoms with van der Waals surface area (Å²) in [4.78, 5) is 0. The molecular weight excluding hydrogens is 216 g/mol. The third kappa shape index (κ3) is 3.72. The normalized spacial score (nSPS) is 17.0. The number of hydrogen-bond acceptors (Lipinski definition) is 3. The molecule has 17 heavy (non-hydrogen) atoms. The molecule has 0 radical (unpaired) electrons. The van der Waals surface area contributed by atoms with E-state index in [0.29, 0.717) is 0 Å². The van der Waals surface area contributed by atoms with Gasteiger partial charge < -0.3 is 14.6 Å². The van der Waals surface area contributed by atoms with Crippen molar-refractivity contribution in [1.82, 2.24) is 0 Å². The van der Waals surface area contributed by atoms with Gasteiger partial charge in [0.15, 0.2) is 0 Å². The molecule has 2 rings (SSSR count). The highest BCUT2D eigenvalue weighted by Gasteiger charge is 2.16. The molecule has 0 aliphatic carbocycles. The Morgan fingerprint density at radius 3 is 2.76 bits per heavy atom. The summed E-state index contributed by atoms with van der Waals surface area (Å²) in [6.45, 7) is 1.82. The van der Waals surface area contributed by atoms with Gasteiger partial charge in [-0.2, -0.15) is 0 Å². The van der Waals surface area contributed by atoms with Crippen molar-refractivity contribution in [3.63, 3.8) is 0 Å². The van der Waals surface area contributed by atoms with Crippen molar-refractivity contribution >= 4 is 0 Å². The van der Waals surface area contributed by atoms with E-state index in [1.165, 1.54) is 5.56 Å². The molecule has 1 aliphatic heterocycles.